The predicted octanol–water partition coefficient (Wildman–Crippen LogP) is 3.89. The van der Waals surface area contributed by atoms with Crippen LogP contribution in [0.15, 0.2) is 72.7 Å². The van der Waals surface area contributed by atoms with E-state index in [1.807, 2.05) is 41.2 Å². The highest BCUT2D eigenvalue weighted by atomic mass is 19.4. The molecule has 1 aliphatic rings. The van der Waals surface area contributed by atoms with Gasteiger partial charge in [-0.05, 0) is 42.5 Å². The lowest BCUT2D eigenvalue weighted by Crippen LogP contribution is -2.44. The first-order chi connectivity index (χ1) is 18.0. The van der Waals surface area contributed by atoms with Crippen molar-refractivity contribution in [2.24, 2.45) is 5.73 Å². The Kier molecular flexibility index (Phi) is 7.51. The van der Waals surface area contributed by atoms with E-state index in [1.165, 1.54) is 6.92 Å². The van der Waals surface area contributed by atoms with Crippen molar-refractivity contribution >= 4 is 17.6 Å². The number of nitrogens with two attached hydrogens (primary N) is 1. The molecule has 0 saturated carbocycles. The van der Waals surface area contributed by atoms with Gasteiger partial charge in [0.15, 0.2) is 0 Å². The third-order valence-electron chi connectivity index (χ3n) is 5.66. The Morgan fingerprint density at radius 3 is 2.47 bits per heavy atom. The number of carbonyl (C=O) groups is 2. The van der Waals surface area contributed by atoms with Gasteiger partial charge in [-0.15, -0.1) is 0 Å². The molecule has 4 rings (SSSR count). The number of ether oxygens (including phenoxy) is 1. The third-order valence-corrected chi connectivity index (χ3v) is 5.66. The van der Waals surface area contributed by atoms with Crippen molar-refractivity contribution in [3.8, 4) is 22.9 Å². The fourth-order valence-corrected chi connectivity index (χ4v) is 3.90. The van der Waals surface area contributed by atoms with Crippen LogP contribution in [-0.2, 0) is 15.8 Å². The van der Waals surface area contributed by atoms with Gasteiger partial charge in [0.05, 0.1) is 17.9 Å². The molecule has 0 bridgehead atoms. The van der Waals surface area contributed by atoms with E-state index in [0.29, 0.717) is 23.9 Å². The first-order valence-electron chi connectivity index (χ1n) is 11.5. The maximum Gasteiger partial charge on any atom is 0.417 e. The van der Waals surface area contributed by atoms with Gasteiger partial charge in [0, 0.05) is 50.1 Å². The minimum absolute atomic E-state index is 0.0388. The number of nitrogens with one attached hydrogen (secondary N) is 1. The molecule has 0 unspecified atom stereocenters. The first-order valence-corrected chi connectivity index (χ1v) is 11.5. The Morgan fingerprint density at radius 2 is 1.87 bits per heavy atom. The summed E-state index contributed by atoms with van der Waals surface area (Å²) in [5, 5.41) is 2.58. The number of pyridine rings is 2. The Bertz CT molecular complexity index is 1340. The van der Waals surface area contributed by atoms with Gasteiger partial charge in [0.2, 0.25) is 17.7 Å². The summed E-state index contributed by atoms with van der Waals surface area (Å²) in [6, 6.07) is 13.6. The Morgan fingerprint density at radius 1 is 1.13 bits per heavy atom. The molecule has 0 fully saturated rings. The summed E-state index contributed by atoms with van der Waals surface area (Å²) < 4.78 is 43.7. The number of hydrogen-bond acceptors (Lipinski definition) is 7. The molecule has 1 atom stereocenters. The van der Waals surface area contributed by atoms with Gasteiger partial charge in [0.1, 0.15) is 17.6 Å². The number of halogens is 3. The molecule has 38 heavy (non-hydrogen) atoms. The Hall–Kier alpha value is -4.61. The average molecular weight is 527 g/mol. The minimum Gasteiger partial charge on any atom is -0.439 e. The second kappa shape index (κ2) is 10.8. The summed E-state index contributed by atoms with van der Waals surface area (Å²) in [4.78, 5) is 35.7. The maximum atomic E-state index is 12.7. The van der Waals surface area contributed by atoms with E-state index in [2.05, 4.69) is 10.3 Å². The number of alkyl halides is 3. The molecule has 9 nitrogen and oxygen atoms in total. The molecule has 1 aromatic carbocycles. The van der Waals surface area contributed by atoms with Crippen LogP contribution < -0.4 is 20.7 Å². The van der Waals surface area contributed by atoms with E-state index in [9.17, 15) is 22.8 Å². The van der Waals surface area contributed by atoms with Crippen molar-refractivity contribution in [3.05, 3.63) is 78.3 Å². The maximum absolute atomic E-state index is 12.7. The zero-order valence-electron chi connectivity index (χ0n) is 20.6. The number of carbonyl (C=O) groups excluding carboxylic acids is 2. The summed E-state index contributed by atoms with van der Waals surface area (Å²) in [7, 11) is 1.88. The largest absolute Gasteiger partial charge is 0.439 e. The highest BCUT2D eigenvalue weighted by molar-refractivity contribution is 5.86. The van der Waals surface area contributed by atoms with Gasteiger partial charge in [-0.25, -0.2) is 9.97 Å². The fraction of sp³-hybridized carbons (Fsp3) is 0.231. The molecule has 2 aromatic heterocycles. The van der Waals surface area contributed by atoms with Crippen molar-refractivity contribution in [3.63, 3.8) is 0 Å². The molecular formula is C26H25F3N6O3. The van der Waals surface area contributed by atoms with E-state index < -0.39 is 23.7 Å². The number of aromatic nitrogens is 2. The van der Waals surface area contributed by atoms with E-state index in [0.717, 1.165) is 29.6 Å². The summed E-state index contributed by atoms with van der Waals surface area (Å²) >= 11 is 0. The molecule has 12 heteroatoms. The lowest BCUT2D eigenvalue weighted by atomic mass is 10.1. The Balaban J connectivity index is 1.49. The summed E-state index contributed by atoms with van der Waals surface area (Å²) in [5.41, 5.74) is 6.85. The molecule has 0 spiro atoms. The van der Waals surface area contributed by atoms with Gasteiger partial charge in [0.25, 0.3) is 0 Å². The van der Waals surface area contributed by atoms with Crippen molar-refractivity contribution in [2.75, 3.05) is 18.6 Å². The zero-order chi connectivity index (χ0) is 27.4. The molecule has 0 radical (unpaired) electrons. The molecular weight excluding hydrogens is 501 g/mol. The lowest BCUT2D eigenvalue weighted by molar-refractivity contribution is -0.137. The van der Waals surface area contributed by atoms with Crippen LogP contribution >= 0.6 is 0 Å². The molecule has 3 heterocycles. The molecule has 3 aromatic rings. The summed E-state index contributed by atoms with van der Waals surface area (Å²) in [6.07, 6.45) is -1.67. The van der Waals surface area contributed by atoms with E-state index in [-0.39, 0.29) is 18.2 Å². The Labute approximate surface area is 216 Å². The quantitative estimate of drug-likeness (QED) is 0.458. The van der Waals surface area contributed by atoms with E-state index in [4.69, 9.17) is 15.5 Å². The van der Waals surface area contributed by atoms with Crippen LogP contribution in [0.25, 0.3) is 11.3 Å². The van der Waals surface area contributed by atoms with Gasteiger partial charge in [-0.2, -0.15) is 13.2 Å². The summed E-state index contributed by atoms with van der Waals surface area (Å²) in [5.74, 6) is 0.0920. The smallest absolute Gasteiger partial charge is 0.417 e. The molecule has 1 aliphatic heterocycles. The van der Waals surface area contributed by atoms with E-state index >= 15 is 0 Å². The van der Waals surface area contributed by atoms with Gasteiger partial charge < -0.3 is 25.6 Å². The van der Waals surface area contributed by atoms with Crippen LogP contribution in [0.4, 0.5) is 19.0 Å². The predicted molar refractivity (Wildman–Crippen MR) is 134 cm³/mol. The first kappa shape index (κ1) is 26.5. The highest BCUT2D eigenvalue weighted by Gasteiger charge is 2.31. The second-order valence-electron chi connectivity index (χ2n) is 8.70. The number of anilines is 1. The molecule has 2 amide bonds. The van der Waals surface area contributed by atoms with Crippen LogP contribution in [0.2, 0.25) is 0 Å². The van der Waals surface area contributed by atoms with Crippen LogP contribution in [0.1, 0.15) is 18.9 Å². The third kappa shape index (κ3) is 6.38. The number of hydrogen-bond donors (Lipinski definition) is 2. The standard InChI is InChI=1S/C26H25F3N6O3/c1-16(36)32-22(25(30)37)12-19-14-34(2)15-35(19)23-5-3-4-21(33-23)17-6-9-20(10-7-17)38-24-11-8-18(13-31-24)26(27,28)29/h3-11,13-14,22H,12,15H2,1-2H3,(H2,30,37)(H,32,36)/t22-/m1/s1. The van der Waals surface area contributed by atoms with Crippen LogP contribution in [0.3, 0.4) is 0 Å². The number of nitrogens with zero attached hydrogens (tertiary/aromatic N) is 4. The lowest BCUT2D eigenvalue weighted by Gasteiger charge is -2.24. The van der Waals surface area contributed by atoms with Crippen molar-refractivity contribution in [1.29, 1.82) is 0 Å². The number of primary amides is 1. The van der Waals surface area contributed by atoms with E-state index in [1.54, 1.807) is 24.3 Å². The molecule has 3 N–H and O–H groups in total. The molecule has 198 valence electrons. The van der Waals surface area contributed by atoms with Crippen LogP contribution in [0.5, 0.6) is 11.6 Å². The number of rotatable bonds is 8. The van der Waals surface area contributed by atoms with Crippen molar-refractivity contribution in [2.45, 2.75) is 25.6 Å². The number of benzene rings is 1. The number of amides is 2. The second-order valence-corrected chi connectivity index (χ2v) is 8.70. The van der Waals surface area contributed by atoms with Gasteiger partial charge in [-0.3, -0.25) is 9.59 Å². The topological polar surface area (TPSA) is 114 Å². The zero-order valence-corrected chi connectivity index (χ0v) is 20.6. The SMILES string of the molecule is CC(=O)N[C@H](CC1=CN(C)CN1c1cccc(-c2ccc(Oc3ccc(C(F)(F)F)cn3)cc2)n1)C(N)=O. The van der Waals surface area contributed by atoms with Gasteiger partial charge in [-0.1, -0.05) is 6.07 Å². The van der Waals surface area contributed by atoms with Crippen LogP contribution in [0, 0.1) is 0 Å². The molecule has 0 aliphatic carbocycles. The van der Waals surface area contributed by atoms with Gasteiger partial charge >= 0.3 is 6.18 Å². The summed E-state index contributed by atoms with van der Waals surface area (Å²) in [6.45, 7) is 1.81. The van der Waals surface area contributed by atoms with Crippen molar-refractivity contribution < 1.29 is 27.5 Å². The normalized spacial score (nSPS) is 14.2. The van der Waals surface area contributed by atoms with Crippen molar-refractivity contribution in [1.82, 2.24) is 20.2 Å². The minimum atomic E-state index is -4.47. The fourth-order valence-electron chi connectivity index (χ4n) is 3.90. The average Bonchev–Trinajstić information content (AvgIpc) is 3.23. The highest BCUT2D eigenvalue weighted by Crippen LogP contribution is 2.31. The molecule has 0 saturated heterocycles. The monoisotopic (exact) mass is 526 g/mol. The van der Waals surface area contributed by atoms with Crippen LogP contribution in [-0.4, -0.2) is 46.4 Å².